The lowest BCUT2D eigenvalue weighted by Crippen LogP contribution is -2.45. The van der Waals surface area contributed by atoms with Gasteiger partial charge in [-0.1, -0.05) is 0 Å². The Hall–Kier alpha value is -0.170. The zero-order valence-corrected chi connectivity index (χ0v) is 9.86. The van der Waals surface area contributed by atoms with E-state index < -0.39 is 15.6 Å². The van der Waals surface area contributed by atoms with Gasteiger partial charge in [0.25, 0.3) is 0 Å². The molecule has 0 bridgehead atoms. The Morgan fingerprint density at radius 3 is 2.43 bits per heavy atom. The summed E-state index contributed by atoms with van der Waals surface area (Å²) in [5.41, 5.74) is 5.11. The van der Waals surface area contributed by atoms with Crippen molar-refractivity contribution in [3.05, 3.63) is 0 Å². The first-order valence-electron chi connectivity index (χ1n) is 4.61. The SMILES string of the molecule is CCOCCS(=O)(=O)NCC(C)(C)N. The average Bonchev–Trinajstić information content (AvgIpc) is 2.00. The van der Waals surface area contributed by atoms with E-state index in [1.165, 1.54) is 0 Å². The molecule has 0 atom stereocenters. The molecular formula is C8H20N2O3S. The number of nitrogens with two attached hydrogens (primary N) is 1. The van der Waals surface area contributed by atoms with Crippen LogP contribution >= 0.6 is 0 Å². The standard InChI is InChI=1S/C8H20N2O3S/c1-4-13-5-6-14(11,12)10-7-8(2,3)9/h10H,4-7,9H2,1-3H3. The van der Waals surface area contributed by atoms with Gasteiger partial charge in [0, 0.05) is 18.7 Å². The molecule has 0 radical (unpaired) electrons. The van der Waals surface area contributed by atoms with Crippen molar-refractivity contribution in [1.29, 1.82) is 0 Å². The molecule has 0 rings (SSSR count). The summed E-state index contributed by atoms with van der Waals surface area (Å²) in [5.74, 6) is -0.0169. The number of rotatable bonds is 7. The molecule has 0 amide bonds. The largest absolute Gasteiger partial charge is 0.381 e. The average molecular weight is 224 g/mol. The third-order valence-electron chi connectivity index (χ3n) is 1.45. The van der Waals surface area contributed by atoms with Gasteiger partial charge in [-0.25, -0.2) is 13.1 Å². The first-order chi connectivity index (χ1) is 6.27. The van der Waals surface area contributed by atoms with Gasteiger partial charge in [0.15, 0.2) is 0 Å². The molecule has 0 aromatic carbocycles. The minimum absolute atomic E-state index is 0.0169. The summed E-state index contributed by atoms with van der Waals surface area (Å²) in [6.07, 6.45) is 0. The highest BCUT2D eigenvalue weighted by molar-refractivity contribution is 7.89. The fraction of sp³-hybridized carbons (Fsp3) is 1.00. The third kappa shape index (κ3) is 8.43. The smallest absolute Gasteiger partial charge is 0.213 e. The van der Waals surface area contributed by atoms with Gasteiger partial charge in [-0.2, -0.15) is 0 Å². The van der Waals surface area contributed by atoms with E-state index in [4.69, 9.17) is 10.5 Å². The summed E-state index contributed by atoms with van der Waals surface area (Å²) in [6, 6.07) is 0. The normalized spacial score (nSPS) is 13.1. The maximum absolute atomic E-state index is 11.3. The summed E-state index contributed by atoms with van der Waals surface area (Å²) in [4.78, 5) is 0. The molecule has 0 saturated heterocycles. The molecule has 0 fully saturated rings. The molecular weight excluding hydrogens is 204 g/mol. The van der Waals surface area contributed by atoms with Crippen LogP contribution in [0.15, 0.2) is 0 Å². The van der Waals surface area contributed by atoms with Crippen LogP contribution in [0.2, 0.25) is 0 Å². The van der Waals surface area contributed by atoms with Crippen molar-refractivity contribution in [1.82, 2.24) is 4.72 Å². The first-order valence-corrected chi connectivity index (χ1v) is 6.26. The van der Waals surface area contributed by atoms with Crippen LogP contribution in [0.1, 0.15) is 20.8 Å². The summed E-state index contributed by atoms with van der Waals surface area (Å²) in [5, 5.41) is 0. The number of ether oxygens (including phenoxy) is 1. The molecule has 0 aromatic rings. The van der Waals surface area contributed by atoms with E-state index >= 15 is 0 Å². The Kier molecular flexibility index (Phi) is 5.58. The van der Waals surface area contributed by atoms with E-state index in [-0.39, 0.29) is 18.9 Å². The fourth-order valence-electron chi connectivity index (χ4n) is 0.681. The van der Waals surface area contributed by atoms with Gasteiger partial charge in [-0.3, -0.25) is 0 Å². The minimum Gasteiger partial charge on any atom is -0.381 e. The van der Waals surface area contributed by atoms with Gasteiger partial charge >= 0.3 is 0 Å². The lowest BCUT2D eigenvalue weighted by Gasteiger charge is -2.18. The van der Waals surface area contributed by atoms with Crippen molar-refractivity contribution < 1.29 is 13.2 Å². The number of hydrogen-bond donors (Lipinski definition) is 2. The van der Waals surface area contributed by atoms with E-state index in [2.05, 4.69) is 4.72 Å². The van der Waals surface area contributed by atoms with Crippen LogP contribution in [0.4, 0.5) is 0 Å². The minimum atomic E-state index is -3.24. The second kappa shape index (κ2) is 5.65. The maximum Gasteiger partial charge on any atom is 0.213 e. The summed E-state index contributed by atoms with van der Waals surface area (Å²) in [7, 11) is -3.24. The molecule has 0 aliphatic heterocycles. The van der Waals surface area contributed by atoms with Gasteiger partial charge in [0.05, 0.1) is 12.4 Å². The quantitative estimate of drug-likeness (QED) is 0.581. The van der Waals surface area contributed by atoms with E-state index in [9.17, 15) is 8.42 Å². The predicted molar refractivity (Wildman–Crippen MR) is 56.5 cm³/mol. The van der Waals surface area contributed by atoms with Crippen LogP contribution in [-0.2, 0) is 14.8 Å². The van der Waals surface area contributed by atoms with Crippen molar-refractivity contribution in [3.63, 3.8) is 0 Å². The molecule has 5 nitrogen and oxygen atoms in total. The molecule has 6 heteroatoms. The van der Waals surface area contributed by atoms with Crippen LogP contribution < -0.4 is 10.5 Å². The lowest BCUT2D eigenvalue weighted by molar-refractivity contribution is 0.163. The lowest BCUT2D eigenvalue weighted by atomic mass is 10.1. The van der Waals surface area contributed by atoms with Crippen LogP contribution in [0.25, 0.3) is 0 Å². The van der Waals surface area contributed by atoms with Gasteiger partial charge in [0.1, 0.15) is 0 Å². The van der Waals surface area contributed by atoms with E-state index in [1.807, 2.05) is 6.92 Å². The van der Waals surface area contributed by atoms with E-state index in [0.717, 1.165) is 0 Å². The van der Waals surface area contributed by atoms with Gasteiger partial charge in [-0.05, 0) is 20.8 Å². The summed E-state index contributed by atoms with van der Waals surface area (Å²) in [6.45, 7) is 6.33. The van der Waals surface area contributed by atoms with Crippen LogP contribution in [0.5, 0.6) is 0 Å². The van der Waals surface area contributed by atoms with Crippen LogP contribution in [0, 0.1) is 0 Å². The Balaban J connectivity index is 3.85. The molecule has 0 saturated carbocycles. The van der Waals surface area contributed by atoms with Crippen molar-refractivity contribution in [3.8, 4) is 0 Å². The highest BCUT2D eigenvalue weighted by Gasteiger charge is 2.16. The second-order valence-electron chi connectivity index (χ2n) is 3.83. The molecule has 0 heterocycles. The molecule has 3 N–H and O–H groups in total. The molecule has 0 aliphatic rings. The van der Waals surface area contributed by atoms with Crippen molar-refractivity contribution >= 4 is 10.0 Å². The Morgan fingerprint density at radius 1 is 1.43 bits per heavy atom. The fourth-order valence-corrected chi connectivity index (χ4v) is 1.75. The van der Waals surface area contributed by atoms with Crippen LogP contribution in [-0.4, -0.2) is 39.5 Å². The monoisotopic (exact) mass is 224 g/mol. The third-order valence-corrected chi connectivity index (χ3v) is 2.74. The molecule has 14 heavy (non-hydrogen) atoms. The van der Waals surface area contributed by atoms with Gasteiger partial charge in [0.2, 0.25) is 10.0 Å². The summed E-state index contributed by atoms with van der Waals surface area (Å²) >= 11 is 0. The highest BCUT2D eigenvalue weighted by atomic mass is 32.2. The Morgan fingerprint density at radius 2 is 2.00 bits per heavy atom. The highest BCUT2D eigenvalue weighted by Crippen LogP contribution is 1.95. The molecule has 86 valence electrons. The predicted octanol–water partition coefficient (Wildman–Crippen LogP) is -0.320. The maximum atomic E-state index is 11.3. The summed E-state index contributed by atoms with van der Waals surface area (Å²) < 4.78 is 30.0. The van der Waals surface area contributed by atoms with Crippen LogP contribution in [0.3, 0.4) is 0 Å². The van der Waals surface area contributed by atoms with Crippen molar-refractivity contribution in [2.24, 2.45) is 5.73 Å². The second-order valence-corrected chi connectivity index (χ2v) is 5.75. The molecule has 0 aliphatic carbocycles. The van der Waals surface area contributed by atoms with E-state index in [0.29, 0.717) is 6.61 Å². The molecule has 0 spiro atoms. The topological polar surface area (TPSA) is 81.4 Å². The first kappa shape index (κ1) is 13.8. The van der Waals surface area contributed by atoms with Crippen molar-refractivity contribution in [2.45, 2.75) is 26.3 Å². The van der Waals surface area contributed by atoms with Crippen molar-refractivity contribution in [2.75, 3.05) is 25.5 Å². The van der Waals surface area contributed by atoms with Gasteiger partial charge < -0.3 is 10.5 Å². The number of sulfonamides is 1. The zero-order chi connectivity index (χ0) is 11.2. The zero-order valence-electron chi connectivity index (χ0n) is 9.04. The Bertz CT molecular complexity index is 244. The Labute approximate surface area is 86.1 Å². The molecule has 0 unspecified atom stereocenters. The number of nitrogens with one attached hydrogen (secondary N) is 1. The van der Waals surface area contributed by atoms with Gasteiger partial charge in [-0.15, -0.1) is 0 Å². The molecule has 0 aromatic heterocycles. The number of hydrogen-bond acceptors (Lipinski definition) is 4. The van der Waals surface area contributed by atoms with E-state index in [1.54, 1.807) is 13.8 Å².